The predicted molar refractivity (Wildman–Crippen MR) is 115 cm³/mol. The number of amides is 3. The minimum Gasteiger partial charge on any atom is -0.327 e. The smallest absolute Gasteiger partial charge is 0.319 e. The van der Waals surface area contributed by atoms with Crippen molar-refractivity contribution in [1.29, 1.82) is 0 Å². The number of nitrogens with one attached hydrogen (secondary N) is 2. The molecule has 0 aromatic heterocycles. The van der Waals surface area contributed by atoms with E-state index in [9.17, 15) is 9.59 Å². The standard InChI is InChI=1S/C24H23N3O2/c1-2-27-21-14-13-20(15-19(21)16-22(27)28)25-24(29)26-23(17-9-5-3-6-10-17)18-11-7-4-8-12-18/h3-15,23H,2,16H2,1H3,(H2,25,26,29). The van der Waals surface area contributed by atoms with Gasteiger partial charge < -0.3 is 15.5 Å². The van der Waals surface area contributed by atoms with Gasteiger partial charge in [0.15, 0.2) is 0 Å². The summed E-state index contributed by atoms with van der Waals surface area (Å²) < 4.78 is 0. The minimum absolute atomic E-state index is 0.0947. The lowest BCUT2D eigenvalue weighted by Crippen LogP contribution is -2.33. The number of hydrogen-bond donors (Lipinski definition) is 2. The molecule has 3 aromatic rings. The summed E-state index contributed by atoms with van der Waals surface area (Å²) in [6, 6.07) is 24.8. The fraction of sp³-hybridized carbons (Fsp3) is 0.167. The molecule has 0 bridgehead atoms. The van der Waals surface area contributed by atoms with Gasteiger partial charge in [0, 0.05) is 17.9 Å². The Balaban J connectivity index is 1.52. The van der Waals surface area contributed by atoms with Gasteiger partial charge in [0.25, 0.3) is 0 Å². The lowest BCUT2D eigenvalue weighted by atomic mass is 9.99. The van der Waals surface area contributed by atoms with E-state index in [2.05, 4.69) is 10.6 Å². The average Bonchev–Trinajstić information content (AvgIpc) is 3.07. The number of likely N-dealkylation sites (N-methyl/N-ethyl adjacent to an activating group) is 1. The number of fused-ring (bicyclic) bond motifs is 1. The maximum atomic E-state index is 12.8. The highest BCUT2D eigenvalue weighted by Gasteiger charge is 2.26. The van der Waals surface area contributed by atoms with Gasteiger partial charge in [-0.25, -0.2) is 4.79 Å². The molecule has 1 aliphatic heterocycles. The van der Waals surface area contributed by atoms with Gasteiger partial charge in [-0.15, -0.1) is 0 Å². The van der Waals surface area contributed by atoms with Crippen molar-refractivity contribution < 1.29 is 9.59 Å². The number of anilines is 2. The van der Waals surface area contributed by atoms with Crippen LogP contribution < -0.4 is 15.5 Å². The summed E-state index contributed by atoms with van der Waals surface area (Å²) in [5.41, 5.74) is 4.55. The molecule has 146 valence electrons. The van der Waals surface area contributed by atoms with Crippen LogP contribution >= 0.6 is 0 Å². The number of hydrogen-bond acceptors (Lipinski definition) is 2. The van der Waals surface area contributed by atoms with Crippen LogP contribution in [0.2, 0.25) is 0 Å². The van der Waals surface area contributed by atoms with Gasteiger partial charge in [-0.2, -0.15) is 0 Å². The topological polar surface area (TPSA) is 61.4 Å². The molecule has 0 spiro atoms. The van der Waals surface area contributed by atoms with Crippen molar-refractivity contribution in [2.24, 2.45) is 0 Å². The third-order valence-corrected chi connectivity index (χ3v) is 5.13. The first-order valence-electron chi connectivity index (χ1n) is 9.76. The minimum atomic E-state index is -0.292. The van der Waals surface area contributed by atoms with Crippen LogP contribution in [0.4, 0.5) is 16.2 Å². The molecule has 0 unspecified atom stereocenters. The third kappa shape index (κ3) is 3.99. The zero-order valence-corrected chi connectivity index (χ0v) is 16.3. The summed E-state index contributed by atoms with van der Waals surface area (Å²) in [6.07, 6.45) is 0.372. The number of rotatable bonds is 5. The molecule has 2 N–H and O–H groups in total. The number of carbonyl (C=O) groups is 2. The summed E-state index contributed by atoms with van der Waals surface area (Å²) >= 11 is 0. The van der Waals surface area contributed by atoms with Crippen LogP contribution in [0.15, 0.2) is 78.9 Å². The van der Waals surface area contributed by atoms with Crippen molar-refractivity contribution in [2.75, 3.05) is 16.8 Å². The van der Waals surface area contributed by atoms with Crippen LogP contribution in [0.1, 0.15) is 29.7 Å². The zero-order chi connectivity index (χ0) is 20.2. The molecular formula is C24H23N3O2. The van der Waals surface area contributed by atoms with Crippen molar-refractivity contribution in [3.8, 4) is 0 Å². The molecule has 5 nitrogen and oxygen atoms in total. The molecule has 3 amide bonds. The van der Waals surface area contributed by atoms with Crippen molar-refractivity contribution in [3.63, 3.8) is 0 Å². The molecular weight excluding hydrogens is 362 g/mol. The Morgan fingerprint density at radius 3 is 2.17 bits per heavy atom. The monoisotopic (exact) mass is 385 g/mol. The largest absolute Gasteiger partial charge is 0.327 e. The van der Waals surface area contributed by atoms with Gasteiger partial charge in [0.2, 0.25) is 5.91 Å². The van der Waals surface area contributed by atoms with Gasteiger partial charge in [-0.1, -0.05) is 60.7 Å². The molecule has 0 fully saturated rings. The van der Waals surface area contributed by atoms with E-state index in [1.807, 2.05) is 85.8 Å². The van der Waals surface area contributed by atoms with Gasteiger partial charge in [-0.3, -0.25) is 4.79 Å². The molecule has 0 saturated heterocycles. The lowest BCUT2D eigenvalue weighted by molar-refractivity contribution is -0.117. The van der Waals surface area contributed by atoms with E-state index < -0.39 is 0 Å². The van der Waals surface area contributed by atoms with Crippen molar-refractivity contribution in [1.82, 2.24) is 5.32 Å². The van der Waals surface area contributed by atoms with Gasteiger partial charge >= 0.3 is 6.03 Å². The molecule has 0 atom stereocenters. The Morgan fingerprint density at radius 1 is 0.966 bits per heavy atom. The predicted octanol–water partition coefficient (Wildman–Crippen LogP) is 4.51. The second kappa shape index (κ2) is 8.19. The van der Waals surface area contributed by atoms with E-state index >= 15 is 0 Å². The van der Waals surface area contributed by atoms with Gasteiger partial charge in [0.1, 0.15) is 0 Å². The quantitative estimate of drug-likeness (QED) is 0.679. The van der Waals surface area contributed by atoms with Gasteiger partial charge in [-0.05, 0) is 41.8 Å². The summed E-state index contributed by atoms with van der Waals surface area (Å²) in [5.74, 6) is 0.0947. The number of carbonyl (C=O) groups excluding carboxylic acids is 2. The normalized spacial score (nSPS) is 12.8. The maximum absolute atomic E-state index is 12.8. The van der Waals surface area contributed by atoms with E-state index in [0.717, 1.165) is 22.4 Å². The van der Waals surface area contributed by atoms with Crippen molar-refractivity contribution >= 4 is 23.3 Å². The van der Waals surface area contributed by atoms with Crippen LogP contribution in [0.5, 0.6) is 0 Å². The first kappa shape index (κ1) is 18.7. The first-order valence-corrected chi connectivity index (χ1v) is 9.76. The molecule has 3 aromatic carbocycles. The second-order valence-corrected chi connectivity index (χ2v) is 7.01. The van der Waals surface area contributed by atoms with E-state index in [4.69, 9.17) is 0 Å². The molecule has 0 radical (unpaired) electrons. The van der Waals surface area contributed by atoms with E-state index in [1.165, 1.54) is 0 Å². The summed E-state index contributed by atoms with van der Waals surface area (Å²) in [4.78, 5) is 26.6. The molecule has 1 aliphatic rings. The summed E-state index contributed by atoms with van der Waals surface area (Å²) in [7, 11) is 0. The molecule has 0 aliphatic carbocycles. The van der Waals surface area contributed by atoms with Crippen LogP contribution in [-0.2, 0) is 11.2 Å². The second-order valence-electron chi connectivity index (χ2n) is 7.01. The van der Waals surface area contributed by atoms with E-state index in [-0.39, 0.29) is 18.0 Å². The molecule has 5 heteroatoms. The van der Waals surface area contributed by atoms with Crippen molar-refractivity contribution in [3.05, 3.63) is 95.6 Å². The third-order valence-electron chi connectivity index (χ3n) is 5.13. The van der Waals surface area contributed by atoms with Crippen LogP contribution in [0.25, 0.3) is 0 Å². The Kier molecular flexibility index (Phi) is 5.29. The Hall–Kier alpha value is -3.60. The molecule has 4 rings (SSSR count). The van der Waals surface area contributed by atoms with Crippen LogP contribution in [0, 0.1) is 0 Å². The lowest BCUT2D eigenvalue weighted by Gasteiger charge is -2.20. The highest BCUT2D eigenvalue weighted by Crippen LogP contribution is 2.31. The maximum Gasteiger partial charge on any atom is 0.319 e. The Labute approximate surface area is 170 Å². The molecule has 29 heavy (non-hydrogen) atoms. The Morgan fingerprint density at radius 2 is 1.59 bits per heavy atom. The van der Waals surface area contributed by atoms with Crippen molar-refractivity contribution in [2.45, 2.75) is 19.4 Å². The highest BCUT2D eigenvalue weighted by molar-refractivity contribution is 6.02. The highest BCUT2D eigenvalue weighted by atomic mass is 16.2. The first-order chi connectivity index (χ1) is 14.2. The SMILES string of the molecule is CCN1C(=O)Cc2cc(NC(=O)NC(c3ccccc3)c3ccccc3)ccc21. The zero-order valence-electron chi connectivity index (χ0n) is 16.3. The molecule has 0 saturated carbocycles. The summed E-state index contributed by atoms with van der Waals surface area (Å²) in [5, 5.41) is 5.98. The Bertz CT molecular complexity index is 979. The number of nitrogens with zero attached hydrogens (tertiary/aromatic N) is 1. The van der Waals surface area contributed by atoms with Crippen LogP contribution in [0.3, 0.4) is 0 Å². The average molecular weight is 385 g/mol. The van der Waals surface area contributed by atoms with E-state index in [0.29, 0.717) is 18.7 Å². The van der Waals surface area contributed by atoms with Crippen LogP contribution in [-0.4, -0.2) is 18.5 Å². The van der Waals surface area contributed by atoms with Gasteiger partial charge in [0.05, 0.1) is 12.5 Å². The summed E-state index contributed by atoms with van der Waals surface area (Å²) in [6.45, 7) is 2.61. The van der Waals surface area contributed by atoms with E-state index in [1.54, 1.807) is 4.90 Å². The molecule has 1 heterocycles. The fourth-order valence-electron chi connectivity index (χ4n) is 3.76. The number of urea groups is 1. The number of benzene rings is 3. The fourth-order valence-corrected chi connectivity index (χ4v) is 3.76.